The lowest BCUT2D eigenvalue weighted by molar-refractivity contribution is -0.729. The number of hydrogen-bond donors (Lipinski definition) is 3. The number of hydrogen-bond acceptors (Lipinski definition) is 7. The molecule has 144 valence electrons. The van der Waals surface area contributed by atoms with E-state index in [1.165, 1.54) is 0 Å². The van der Waals surface area contributed by atoms with Crippen LogP contribution in [-0.2, 0) is 16.0 Å². The molecule has 0 amide bonds. The van der Waals surface area contributed by atoms with Gasteiger partial charge in [-0.05, 0) is 35.7 Å². The Labute approximate surface area is 165 Å². The van der Waals surface area contributed by atoms with Crippen LogP contribution in [0.1, 0.15) is 26.2 Å². The van der Waals surface area contributed by atoms with Crippen molar-refractivity contribution in [2.24, 2.45) is 10.7 Å². The number of nitrogens with one attached hydrogen (secondary N) is 2. The van der Waals surface area contributed by atoms with Crippen molar-refractivity contribution in [3.8, 4) is 0 Å². The molecule has 2 aromatic rings. The molecule has 9 nitrogen and oxygen atoms in total. The SMILES string of the molecule is CC(=NC1CCOCC1)/C1=C(\N)OCCC[n+]2[nH]c(Br)c3cnc(nc32)N1. The van der Waals surface area contributed by atoms with Crippen molar-refractivity contribution in [2.75, 3.05) is 25.1 Å². The molecule has 0 saturated carbocycles. The third-order valence-corrected chi connectivity index (χ3v) is 5.29. The number of nitrogens with zero attached hydrogens (tertiary/aromatic N) is 4. The predicted octanol–water partition coefficient (Wildman–Crippen LogP) is 1.61. The lowest BCUT2D eigenvalue weighted by Crippen LogP contribution is -2.37. The normalized spacial score (nSPS) is 22.4. The van der Waals surface area contributed by atoms with Crippen molar-refractivity contribution in [3.05, 3.63) is 22.4 Å². The first-order valence-electron chi connectivity index (χ1n) is 9.08. The highest BCUT2D eigenvalue weighted by Gasteiger charge is 2.23. The molecule has 0 radical (unpaired) electrons. The maximum atomic E-state index is 6.22. The van der Waals surface area contributed by atoms with Crippen LogP contribution < -0.4 is 15.7 Å². The highest BCUT2D eigenvalue weighted by atomic mass is 79.9. The average Bonchev–Trinajstić information content (AvgIpc) is 2.98. The standard InChI is InChI=1S/C17H22BrN7O2/c1-10(21-11-3-7-26-8-4-11)13-15(19)27-6-2-5-25-16-12(14(18)24-25)9-20-17(22-13)23-16/h9,11H,2-8H2,1H3,(H3,19,20,21,22,23,24)/p+1. The van der Waals surface area contributed by atoms with E-state index >= 15 is 0 Å². The van der Waals surface area contributed by atoms with Gasteiger partial charge in [-0.25, -0.2) is 5.10 Å². The van der Waals surface area contributed by atoms with Gasteiger partial charge in [-0.2, -0.15) is 9.67 Å². The summed E-state index contributed by atoms with van der Waals surface area (Å²) in [5, 5.41) is 7.38. The molecule has 2 aliphatic heterocycles. The van der Waals surface area contributed by atoms with Gasteiger partial charge < -0.3 is 15.2 Å². The zero-order chi connectivity index (χ0) is 18.8. The fraction of sp³-hybridized carbons (Fsp3) is 0.529. The van der Waals surface area contributed by atoms with Crippen LogP contribution in [0.25, 0.3) is 11.0 Å². The van der Waals surface area contributed by atoms with Crippen LogP contribution in [0.4, 0.5) is 5.95 Å². The number of allylic oxidation sites excluding steroid dienone is 1. The Bertz CT molecular complexity index is 902. The van der Waals surface area contributed by atoms with Gasteiger partial charge in [0, 0.05) is 24.6 Å². The Morgan fingerprint density at radius 3 is 3.00 bits per heavy atom. The fourth-order valence-corrected chi connectivity index (χ4v) is 3.75. The Balaban J connectivity index is 1.70. The number of aromatic nitrogens is 4. The van der Waals surface area contributed by atoms with Gasteiger partial charge in [-0.15, -0.1) is 0 Å². The average molecular weight is 437 g/mol. The number of rotatable bonds is 2. The van der Waals surface area contributed by atoms with Gasteiger partial charge >= 0.3 is 11.6 Å². The zero-order valence-corrected chi connectivity index (χ0v) is 16.8. The number of anilines is 1. The molecule has 0 unspecified atom stereocenters. The Morgan fingerprint density at radius 2 is 2.19 bits per heavy atom. The Kier molecular flexibility index (Phi) is 5.26. The van der Waals surface area contributed by atoms with Crippen molar-refractivity contribution >= 4 is 38.6 Å². The summed E-state index contributed by atoms with van der Waals surface area (Å²) in [6.07, 6.45) is 4.38. The van der Waals surface area contributed by atoms with Crippen LogP contribution in [0.15, 0.2) is 27.4 Å². The Morgan fingerprint density at radius 1 is 1.37 bits per heavy atom. The van der Waals surface area contributed by atoms with Crippen LogP contribution in [0.3, 0.4) is 0 Å². The van der Waals surface area contributed by atoms with Crippen LogP contribution in [0, 0.1) is 0 Å². The molecule has 0 spiro atoms. The zero-order valence-electron chi connectivity index (χ0n) is 15.2. The number of aromatic amines is 1. The maximum absolute atomic E-state index is 6.22. The van der Waals surface area contributed by atoms with Crippen molar-refractivity contribution in [1.82, 2.24) is 15.1 Å². The van der Waals surface area contributed by atoms with Crippen molar-refractivity contribution in [3.63, 3.8) is 0 Å². The molecule has 27 heavy (non-hydrogen) atoms. The molecule has 2 aromatic heterocycles. The number of halogens is 1. The van der Waals surface area contributed by atoms with Gasteiger partial charge in [0.25, 0.3) is 0 Å². The molecule has 0 aromatic carbocycles. The van der Waals surface area contributed by atoms with Gasteiger partial charge in [0.15, 0.2) is 0 Å². The molecule has 0 aliphatic carbocycles. The number of H-pyrrole nitrogens is 1. The topological polar surface area (TPSA) is 114 Å². The fourth-order valence-electron chi connectivity index (χ4n) is 3.26. The number of nitrogens with two attached hydrogens (primary N) is 1. The summed E-state index contributed by atoms with van der Waals surface area (Å²) in [4.78, 5) is 13.9. The van der Waals surface area contributed by atoms with Crippen LogP contribution in [-0.4, -0.2) is 46.6 Å². The van der Waals surface area contributed by atoms with E-state index < -0.39 is 0 Å². The Hall–Kier alpha value is -2.20. The predicted molar refractivity (Wildman–Crippen MR) is 104 cm³/mol. The minimum Gasteiger partial charge on any atom is -0.478 e. The highest BCUT2D eigenvalue weighted by molar-refractivity contribution is 9.10. The lowest BCUT2D eigenvalue weighted by Gasteiger charge is -2.20. The molecule has 1 fully saturated rings. The van der Waals surface area contributed by atoms with E-state index in [-0.39, 0.29) is 6.04 Å². The van der Waals surface area contributed by atoms with E-state index in [0.29, 0.717) is 24.1 Å². The molecule has 4 heterocycles. The highest BCUT2D eigenvalue weighted by Crippen LogP contribution is 2.20. The summed E-state index contributed by atoms with van der Waals surface area (Å²) in [7, 11) is 0. The van der Waals surface area contributed by atoms with Crippen LogP contribution >= 0.6 is 15.9 Å². The van der Waals surface area contributed by atoms with Crippen LogP contribution in [0.2, 0.25) is 0 Å². The van der Waals surface area contributed by atoms with Gasteiger partial charge in [0.2, 0.25) is 5.88 Å². The second-order valence-corrected chi connectivity index (χ2v) is 7.43. The maximum Gasteiger partial charge on any atom is 0.357 e. The summed E-state index contributed by atoms with van der Waals surface area (Å²) >= 11 is 3.52. The first-order valence-corrected chi connectivity index (χ1v) is 9.87. The molecule has 4 N–H and O–H groups in total. The summed E-state index contributed by atoms with van der Waals surface area (Å²) in [6, 6.07) is 0.227. The van der Waals surface area contributed by atoms with Crippen molar-refractivity contribution < 1.29 is 14.2 Å². The van der Waals surface area contributed by atoms with Gasteiger partial charge in [-0.3, -0.25) is 10.3 Å². The molecule has 0 atom stereocenters. The second kappa shape index (κ2) is 7.81. The smallest absolute Gasteiger partial charge is 0.357 e. The molecular formula is C17H23BrN7O2+. The van der Waals surface area contributed by atoms with E-state index in [2.05, 4.69) is 36.3 Å². The third kappa shape index (κ3) is 3.91. The molecule has 4 rings (SSSR count). The molecule has 1 saturated heterocycles. The van der Waals surface area contributed by atoms with Crippen LogP contribution in [0.5, 0.6) is 0 Å². The molecule has 2 aliphatic rings. The van der Waals surface area contributed by atoms with Gasteiger partial charge in [0.05, 0.1) is 24.6 Å². The van der Waals surface area contributed by atoms with E-state index in [9.17, 15) is 0 Å². The summed E-state index contributed by atoms with van der Waals surface area (Å²) < 4.78 is 14.0. The monoisotopic (exact) mass is 436 g/mol. The molecule has 10 heteroatoms. The van der Waals surface area contributed by atoms with Crippen molar-refractivity contribution in [2.45, 2.75) is 38.8 Å². The van der Waals surface area contributed by atoms with E-state index in [4.69, 9.17) is 20.2 Å². The lowest BCUT2D eigenvalue weighted by atomic mass is 10.1. The number of aryl methyl sites for hydroxylation is 1. The summed E-state index contributed by atoms with van der Waals surface area (Å²) in [6.45, 7) is 4.63. The number of ether oxygens (including phenoxy) is 2. The molecular weight excluding hydrogens is 414 g/mol. The van der Waals surface area contributed by atoms with E-state index in [1.807, 2.05) is 11.6 Å². The summed E-state index contributed by atoms with van der Waals surface area (Å²) in [5.74, 6) is 0.761. The third-order valence-electron chi connectivity index (χ3n) is 4.69. The minimum atomic E-state index is 0.227. The summed E-state index contributed by atoms with van der Waals surface area (Å²) in [5.41, 5.74) is 8.44. The van der Waals surface area contributed by atoms with Crippen molar-refractivity contribution in [1.29, 1.82) is 0 Å². The number of aliphatic imine (C=N–C) groups is 1. The quantitative estimate of drug-likeness (QED) is 0.486. The first-order chi connectivity index (χ1) is 13.1. The van der Waals surface area contributed by atoms with Gasteiger partial charge in [-0.1, -0.05) is 0 Å². The molecule has 2 bridgehead atoms. The largest absolute Gasteiger partial charge is 0.478 e. The van der Waals surface area contributed by atoms with Gasteiger partial charge in [0.1, 0.15) is 22.2 Å². The minimum absolute atomic E-state index is 0.227. The number of fused-ring (bicyclic) bond motifs is 1. The van der Waals surface area contributed by atoms with E-state index in [0.717, 1.165) is 60.4 Å². The first kappa shape index (κ1) is 18.2. The second-order valence-electron chi connectivity index (χ2n) is 6.63. The van der Waals surface area contributed by atoms with E-state index in [1.54, 1.807) is 6.20 Å².